The van der Waals surface area contributed by atoms with Gasteiger partial charge in [-0.05, 0) is 19.3 Å². The Labute approximate surface area is 118 Å². The van der Waals surface area contributed by atoms with Crippen molar-refractivity contribution in [1.29, 1.82) is 0 Å². The summed E-state index contributed by atoms with van der Waals surface area (Å²) in [5.41, 5.74) is 0.682. The Kier molecular flexibility index (Phi) is 4.76. The summed E-state index contributed by atoms with van der Waals surface area (Å²) < 4.78 is 1.30. The Morgan fingerprint density at radius 1 is 1.55 bits per heavy atom. The molecule has 2 rings (SSSR count). The molecule has 1 aliphatic heterocycles. The van der Waals surface area contributed by atoms with Crippen molar-refractivity contribution >= 4 is 11.6 Å². The molecule has 0 radical (unpaired) electrons. The van der Waals surface area contributed by atoms with Crippen molar-refractivity contribution in [2.45, 2.75) is 26.2 Å². The Balaban J connectivity index is 2.04. The number of anilines is 1. The number of amides is 1. The average Bonchev–Trinajstić information content (AvgIpc) is 2.47. The monoisotopic (exact) mass is 278 g/mol. The molecule has 110 valence electrons. The molecule has 1 fully saturated rings. The van der Waals surface area contributed by atoms with E-state index in [2.05, 4.69) is 15.3 Å². The highest BCUT2D eigenvalue weighted by Crippen LogP contribution is 2.21. The van der Waals surface area contributed by atoms with Crippen LogP contribution in [-0.4, -0.2) is 35.3 Å². The van der Waals surface area contributed by atoms with Crippen LogP contribution in [-0.2, 0) is 11.8 Å². The molecule has 6 heteroatoms. The van der Waals surface area contributed by atoms with Gasteiger partial charge in [-0.25, -0.2) is 4.68 Å². The molecule has 1 aliphatic rings. The van der Waals surface area contributed by atoms with E-state index < -0.39 is 0 Å². The quantitative estimate of drug-likeness (QED) is 0.872. The van der Waals surface area contributed by atoms with Gasteiger partial charge in [0.25, 0.3) is 5.56 Å². The molecule has 1 aromatic rings. The van der Waals surface area contributed by atoms with E-state index in [4.69, 9.17) is 0 Å². The molecule has 1 atom stereocenters. The van der Waals surface area contributed by atoms with Crippen LogP contribution in [0.5, 0.6) is 0 Å². The first-order chi connectivity index (χ1) is 9.61. The lowest BCUT2D eigenvalue weighted by molar-refractivity contribution is -0.125. The van der Waals surface area contributed by atoms with E-state index in [0.29, 0.717) is 6.54 Å². The first kappa shape index (κ1) is 14.6. The van der Waals surface area contributed by atoms with Gasteiger partial charge in [-0.3, -0.25) is 9.59 Å². The van der Waals surface area contributed by atoms with Crippen molar-refractivity contribution < 1.29 is 4.79 Å². The molecule has 0 saturated carbocycles. The second kappa shape index (κ2) is 6.54. The summed E-state index contributed by atoms with van der Waals surface area (Å²) >= 11 is 0. The standard InChI is InChI=1S/C14H22N4O2/c1-3-6-15-14(20)11-5-4-7-18(10-11)12-8-13(19)17(2)16-9-12/h8-9,11H,3-7,10H2,1-2H3,(H,15,20). The third kappa shape index (κ3) is 3.37. The van der Waals surface area contributed by atoms with E-state index in [-0.39, 0.29) is 17.4 Å². The molecule has 1 unspecified atom stereocenters. The van der Waals surface area contributed by atoms with Crippen LogP contribution < -0.4 is 15.8 Å². The van der Waals surface area contributed by atoms with Gasteiger partial charge in [-0.1, -0.05) is 6.92 Å². The van der Waals surface area contributed by atoms with E-state index in [1.54, 1.807) is 19.3 Å². The fourth-order valence-electron chi connectivity index (χ4n) is 2.45. The highest BCUT2D eigenvalue weighted by atomic mass is 16.2. The first-order valence-corrected chi connectivity index (χ1v) is 7.18. The van der Waals surface area contributed by atoms with E-state index in [9.17, 15) is 9.59 Å². The molecule has 1 saturated heterocycles. The van der Waals surface area contributed by atoms with Gasteiger partial charge in [0.2, 0.25) is 5.91 Å². The molecular weight excluding hydrogens is 256 g/mol. The molecular formula is C14H22N4O2. The summed E-state index contributed by atoms with van der Waals surface area (Å²) in [7, 11) is 1.63. The fraction of sp³-hybridized carbons (Fsp3) is 0.643. The number of hydrogen-bond acceptors (Lipinski definition) is 4. The third-order valence-electron chi connectivity index (χ3n) is 3.66. The molecule has 1 aromatic heterocycles. The zero-order valence-corrected chi connectivity index (χ0v) is 12.1. The van der Waals surface area contributed by atoms with Crippen LogP contribution in [0.15, 0.2) is 17.1 Å². The molecule has 0 aliphatic carbocycles. The molecule has 0 aromatic carbocycles. The molecule has 0 bridgehead atoms. The van der Waals surface area contributed by atoms with Crippen molar-refractivity contribution in [1.82, 2.24) is 15.1 Å². The topological polar surface area (TPSA) is 67.2 Å². The van der Waals surface area contributed by atoms with Crippen LogP contribution in [0, 0.1) is 5.92 Å². The number of carbonyl (C=O) groups excluding carboxylic acids is 1. The van der Waals surface area contributed by atoms with Crippen LogP contribution in [0.2, 0.25) is 0 Å². The summed E-state index contributed by atoms with van der Waals surface area (Å²) in [5, 5.41) is 6.98. The first-order valence-electron chi connectivity index (χ1n) is 7.18. The van der Waals surface area contributed by atoms with Crippen LogP contribution in [0.3, 0.4) is 0 Å². The zero-order valence-electron chi connectivity index (χ0n) is 12.1. The number of aryl methyl sites for hydroxylation is 1. The number of carbonyl (C=O) groups is 1. The SMILES string of the molecule is CCCNC(=O)C1CCCN(c2cnn(C)c(=O)c2)C1. The Morgan fingerprint density at radius 2 is 2.35 bits per heavy atom. The van der Waals surface area contributed by atoms with Crippen LogP contribution >= 0.6 is 0 Å². The maximum absolute atomic E-state index is 12.0. The predicted molar refractivity (Wildman–Crippen MR) is 77.7 cm³/mol. The summed E-state index contributed by atoms with van der Waals surface area (Å²) in [6.07, 6.45) is 4.50. The van der Waals surface area contributed by atoms with Gasteiger partial charge in [0.1, 0.15) is 0 Å². The Morgan fingerprint density at radius 3 is 3.05 bits per heavy atom. The van der Waals surface area contributed by atoms with Gasteiger partial charge in [-0.15, -0.1) is 0 Å². The van der Waals surface area contributed by atoms with Crippen LogP contribution in [0.4, 0.5) is 5.69 Å². The minimum Gasteiger partial charge on any atom is -0.369 e. The number of aromatic nitrogens is 2. The largest absolute Gasteiger partial charge is 0.369 e. The van der Waals surface area contributed by atoms with Gasteiger partial charge in [-0.2, -0.15) is 5.10 Å². The summed E-state index contributed by atoms with van der Waals surface area (Å²) in [6, 6.07) is 1.58. The van der Waals surface area contributed by atoms with Gasteiger partial charge in [0.05, 0.1) is 17.8 Å². The van der Waals surface area contributed by atoms with E-state index in [1.807, 2.05) is 6.92 Å². The van der Waals surface area contributed by atoms with Gasteiger partial charge < -0.3 is 10.2 Å². The Hall–Kier alpha value is -1.85. The van der Waals surface area contributed by atoms with Crippen molar-refractivity contribution in [2.24, 2.45) is 13.0 Å². The second-order valence-electron chi connectivity index (χ2n) is 5.25. The molecule has 1 amide bonds. The lowest BCUT2D eigenvalue weighted by Crippen LogP contribution is -2.43. The smallest absolute Gasteiger partial charge is 0.268 e. The number of nitrogens with zero attached hydrogens (tertiary/aromatic N) is 3. The van der Waals surface area contributed by atoms with Gasteiger partial charge in [0, 0.05) is 32.7 Å². The highest BCUT2D eigenvalue weighted by Gasteiger charge is 2.25. The van der Waals surface area contributed by atoms with Crippen molar-refractivity contribution in [3.63, 3.8) is 0 Å². The van der Waals surface area contributed by atoms with Crippen molar-refractivity contribution in [3.8, 4) is 0 Å². The minimum atomic E-state index is -0.125. The summed E-state index contributed by atoms with van der Waals surface area (Å²) in [6.45, 7) is 4.29. The number of rotatable bonds is 4. The lowest BCUT2D eigenvalue weighted by Gasteiger charge is -2.33. The number of piperidine rings is 1. The van der Waals surface area contributed by atoms with Crippen LogP contribution in [0.25, 0.3) is 0 Å². The van der Waals surface area contributed by atoms with Gasteiger partial charge >= 0.3 is 0 Å². The number of nitrogens with one attached hydrogen (secondary N) is 1. The van der Waals surface area contributed by atoms with E-state index in [0.717, 1.165) is 38.0 Å². The van der Waals surface area contributed by atoms with E-state index >= 15 is 0 Å². The maximum Gasteiger partial charge on any atom is 0.268 e. The normalized spacial score (nSPS) is 18.9. The minimum absolute atomic E-state index is 0.000594. The molecule has 6 nitrogen and oxygen atoms in total. The highest BCUT2D eigenvalue weighted by molar-refractivity contribution is 5.79. The summed E-state index contributed by atoms with van der Waals surface area (Å²) in [4.78, 5) is 25.7. The molecule has 2 heterocycles. The fourth-order valence-corrected chi connectivity index (χ4v) is 2.45. The second-order valence-corrected chi connectivity index (χ2v) is 5.25. The van der Waals surface area contributed by atoms with Crippen molar-refractivity contribution in [3.05, 3.63) is 22.6 Å². The molecule has 1 N–H and O–H groups in total. The Bertz CT molecular complexity index is 526. The summed E-state index contributed by atoms with van der Waals surface area (Å²) in [5.74, 6) is 0.118. The van der Waals surface area contributed by atoms with Crippen LogP contribution in [0.1, 0.15) is 26.2 Å². The number of hydrogen-bond donors (Lipinski definition) is 1. The van der Waals surface area contributed by atoms with Gasteiger partial charge in [0.15, 0.2) is 0 Å². The third-order valence-corrected chi connectivity index (χ3v) is 3.66. The average molecular weight is 278 g/mol. The van der Waals surface area contributed by atoms with E-state index in [1.165, 1.54) is 4.68 Å². The predicted octanol–water partition coefficient (Wildman–Crippen LogP) is 0.523. The lowest BCUT2D eigenvalue weighted by atomic mass is 9.97. The maximum atomic E-state index is 12.0. The zero-order chi connectivity index (χ0) is 14.5. The molecule has 0 spiro atoms. The van der Waals surface area contributed by atoms with Crippen molar-refractivity contribution in [2.75, 3.05) is 24.5 Å². The molecule has 20 heavy (non-hydrogen) atoms.